The summed E-state index contributed by atoms with van der Waals surface area (Å²) in [5.41, 5.74) is 0.790. The van der Waals surface area contributed by atoms with Crippen LogP contribution in [-0.2, 0) is 26.4 Å². The first-order valence-electron chi connectivity index (χ1n) is 9.89. The van der Waals surface area contributed by atoms with E-state index in [9.17, 15) is 26.4 Å². The van der Waals surface area contributed by atoms with Gasteiger partial charge in [-0.25, -0.2) is 8.42 Å². The van der Waals surface area contributed by atoms with E-state index in [0.717, 1.165) is 24.0 Å². The fourth-order valence-corrected chi connectivity index (χ4v) is 4.36. The van der Waals surface area contributed by atoms with E-state index in [2.05, 4.69) is 10.0 Å². The summed E-state index contributed by atoms with van der Waals surface area (Å²) in [6.07, 6.45) is -2.12. The highest BCUT2D eigenvalue weighted by molar-refractivity contribution is 7.92. The molecule has 3 rings (SSSR count). The van der Waals surface area contributed by atoms with Crippen molar-refractivity contribution in [1.29, 1.82) is 0 Å². The molecule has 2 unspecified atom stereocenters. The topological polar surface area (TPSA) is 75.3 Å². The number of anilines is 1. The number of sulfonamides is 1. The molecule has 1 saturated carbocycles. The number of hydrogen-bond donors (Lipinski definition) is 2. The molecule has 0 aliphatic heterocycles. The average molecular weight is 455 g/mol. The van der Waals surface area contributed by atoms with Crippen molar-refractivity contribution in [2.75, 3.05) is 11.0 Å². The van der Waals surface area contributed by atoms with Crippen molar-refractivity contribution in [2.24, 2.45) is 5.92 Å². The van der Waals surface area contributed by atoms with Crippen LogP contribution in [0.15, 0.2) is 48.5 Å². The molecule has 0 saturated heterocycles. The lowest BCUT2D eigenvalue weighted by Gasteiger charge is -2.19. The molecule has 1 fully saturated rings. The van der Waals surface area contributed by atoms with Gasteiger partial charge in [0.15, 0.2) is 0 Å². The Hall–Kier alpha value is -2.55. The second kappa shape index (κ2) is 8.18. The van der Waals surface area contributed by atoms with Gasteiger partial charge < -0.3 is 5.32 Å². The predicted molar refractivity (Wildman–Crippen MR) is 113 cm³/mol. The maximum Gasteiger partial charge on any atom is 0.416 e. The van der Waals surface area contributed by atoms with Gasteiger partial charge in [0.25, 0.3) is 0 Å². The zero-order chi connectivity index (χ0) is 23.0. The van der Waals surface area contributed by atoms with Crippen molar-refractivity contribution < 1.29 is 26.4 Å². The van der Waals surface area contributed by atoms with Crippen LogP contribution in [-0.4, -0.2) is 20.6 Å². The van der Waals surface area contributed by atoms with Crippen molar-refractivity contribution in [2.45, 2.75) is 44.3 Å². The molecule has 0 bridgehead atoms. The number of nitrogens with one attached hydrogen (secondary N) is 2. The quantitative estimate of drug-likeness (QED) is 0.641. The van der Waals surface area contributed by atoms with Crippen LogP contribution in [0.4, 0.5) is 18.9 Å². The molecule has 2 aromatic rings. The molecule has 0 aromatic heterocycles. The van der Waals surface area contributed by atoms with Gasteiger partial charge in [-0.3, -0.25) is 9.52 Å². The van der Waals surface area contributed by atoms with Crippen LogP contribution >= 0.6 is 0 Å². The zero-order valence-electron chi connectivity index (χ0n) is 17.5. The highest BCUT2D eigenvalue weighted by Gasteiger charge is 2.55. The third-order valence-electron chi connectivity index (χ3n) is 5.77. The Morgan fingerprint density at radius 3 is 2.19 bits per heavy atom. The van der Waals surface area contributed by atoms with Crippen molar-refractivity contribution in [3.63, 3.8) is 0 Å². The van der Waals surface area contributed by atoms with Gasteiger partial charge in [-0.1, -0.05) is 38.1 Å². The highest BCUT2D eigenvalue weighted by Crippen LogP contribution is 2.54. The average Bonchev–Trinajstić information content (AvgIpc) is 3.38. The molecule has 5 nitrogen and oxygen atoms in total. The minimum Gasteiger partial charge on any atom is -0.349 e. The fraction of sp³-hybridized carbons (Fsp3) is 0.409. The van der Waals surface area contributed by atoms with Gasteiger partial charge in [-0.05, 0) is 48.2 Å². The van der Waals surface area contributed by atoms with Crippen molar-refractivity contribution >= 4 is 21.6 Å². The number of alkyl halides is 3. The molecule has 168 valence electrons. The van der Waals surface area contributed by atoms with Gasteiger partial charge in [-0.2, -0.15) is 13.2 Å². The summed E-state index contributed by atoms with van der Waals surface area (Å²) in [6.45, 7) is 3.81. The van der Waals surface area contributed by atoms with Gasteiger partial charge >= 0.3 is 6.18 Å². The Morgan fingerprint density at radius 1 is 1.13 bits per heavy atom. The molecule has 0 spiro atoms. The second-order valence-electron chi connectivity index (χ2n) is 8.21. The van der Waals surface area contributed by atoms with Crippen LogP contribution in [0.25, 0.3) is 0 Å². The molecule has 3 atom stereocenters. The van der Waals surface area contributed by atoms with Crippen LogP contribution in [0.2, 0.25) is 0 Å². The molecular formula is C22H25F3N2O3S. The largest absolute Gasteiger partial charge is 0.416 e. The number of hydrogen-bond acceptors (Lipinski definition) is 3. The van der Waals surface area contributed by atoms with E-state index in [1.165, 1.54) is 12.1 Å². The summed E-state index contributed by atoms with van der Waals surface area (Å²) < 4.78 is 63.4. The molecule has 1 aliphatic carbocycles. The predicted octanol–water partition coefficient (Wildman–Crippen LogP) is 4.62. The van der Waals surface area contributed by atoms with Crippen LogP contribution in [0, 0.1) is 5.92 Å². The van der Waals surface area contributed by atoms with E-state index >= 15 is 0 Å². The van der Waals surface area contributed by atoms with E-state index in [1.807, 2.05) is 13.8 Å². The summed E-state index contributed by atoms with van der Waals surface area (Å²) in [4.78, 5) is 12.8. The number of carbonyl (C=O) groups is 1. The standard InChI is InChI=1S/C22H25F3N2O3S/c1-4-19(14-5-11-17(12-6-14)27-31(3,29)30)26-20(28)18-13-21(18,2)15-7-9-16(10-8-15)22(23,24)25/h5-12,18-19,27H,4,13H2,1-3H3,(H,26,28)/t18?,19?,21-/m1/s1. The number of benzene rings is 2. The van der Waals surface area contributed by atoms with Crippen LogP contribution in [0.1, 0.15) is 49.4 Å². The van der Waals surface area contributed by atoms with Crippen molar-refractivity contribution in [3.8, 4) is 0 Å². The van der Waals surface area contributed by atoms with E-state index in [4.69, 9.17) is 0 Å². The smallest absolute Gasteiger partial charge is 0.349 e. The van der Waals surface area contributed by atoms with Crippen molar-refractivity contribution in [3.05, 3.63) is 65.2 Å². The Balaban J connectivity index is 1.66. The Labute approximate surface area is 180 Å². The lowest BCUT2D eigenvalue weighted by Crippen LogP contribution is -2.31. The normalized spacial score (nSPS) is 21.9. The zero-order valence-corrected chi connectivity index (χ0v) is 18.3. The number of carbonyl (C=O) groups excluding carboxylic acids is 1. The molecule has 1 aliphatic rings. The first-order chi connectivity index (χ1) is 14.3. The first-order valence-corrected chi connectivity index (χ1v) is 11.8. The molecule has 2 aromatic carbocycles. The summed E-state index contributed by atoms with van der Waals surface area (Å²) in [5.74, 6) is -0.461. The summed E-state index contributed by atoms with van der Waals surface area (Å²) in [6, 6.07) is 11.5. The molecule has 0 heterocycles. The van der Waals surface area contributed by atoms with E-state index in [-0.39, 0.29) is 17.9 Å². The first kappa shape index (κ1) is 23.1. The summed E-state index contributed by atoms with van der Waals surface area (Å²) >= 11 is 0. The minimum atomic E-state index is -4.39. The summed E-state index contributed by atoms with van der Waals surface area (Å²) in [7, 11) is -3.37. The molecule has 31 heavy (non-hydrogen) atoms. The third-order valence-corrected chi connectivity index (χ3v) is 6.37. The Morgan fingerprint density at radius 2 is 1.71 bits per heavy atom. The molecule has 9 heteroatoms. The highest BCUT2D eigenvalue weighted by atomic mass is 32.2. The van der Waals surface area contributed by atoms with Gasteiger partial charge in [-0.15, -0.1) is 0 Å². The number of rotatable bonds is 7. The van der Waals surface area contributed by atoms with Gasteiger partial charge in [0.1, 0.15) is 0 Å². The third kappa shape index (κ3) is 5.39. The van der Waals surface area contributed by atoms with E-state index < -0.39 is 27.2 Å². The molecule has 1 amide bonds. The Bertz CT molecular complexity index is 1050. The number of amides is 1. The maximum absolute atomic E-state index is 12.8. The molecule has 0 radical (unpaired) electrons. The second-order valence-corrected chi connectivity index (χ2v) is 9.96. The lowest BCUT2D eigenvalue weighted by atomic mass is 9.94. The van der Waals surface area contributed by atoms with E-state index in [0.29, 0.717) is 24.1 Å². The summed E-state index contributed by atoms with van der Waals surface area (Å²) in [5, 5.41) is 3.02. The van der Waals surface area contributed by atoms with Crippen LogP contribution in [0.5, 0.6) is 0 Å². The maximum atomic E-state index is 12.8. The molecular weight excluding hydrogens is 429 g/mol. The minimum absolute atomic E-state index is 0.146. The number of halogens is 3. The monoisotopic (exact) mass is 454 g/mol. The SMILES string of the molecule is CCC(NC(=O)C1C[C@]1(C)c1ccc(C(F)(F)F)cc1)c1ccc(NS(C)(=O)=O)cc1. The fourth-order valence-electron chi connectivity index (χ4n) is 3.80. The van der Waals surface area contributed by atoms with Gasteiger partial charge in [0.2, 0.25) is 15.9 Å². The van der Waals surface area contributed by atoms with Crippen LogP contribution in [0.3, 0.4) is 0 Å². The van der Waals surface area contributed by atoms with Gasteiger partial charge in [0, 0.05) is 17.0 Å². The molecule has 2 N–H and O–H groups in total. The van der Waals surface area contributed by atoms with Gasteiger partial charge in [0.05, 0.1) is 17.9 Å². The van der Waals surface area contributed by atoms with Crippen LogP contribution < -0.4 is 10.0 Å². The lowest BCUT2D eigenvalue weighted by molar-refractivity contribution is -0.137. The van der Waals surface area contributed by atoms with Crippen molar-refractivity contribution in [1.82, 2.24) is 5.32 Å². The Kier molecular flexibility index (Phi) is 6.10. The van der Waals surface area contributed by atoms with E-state index in [1.54, 1.807) is 24.3 Å².